The van der Waals surface area contributed by atoms with Crippen LogP contribution in [0, 0.1) is 25.2 Å². The maximum atomic E-state index is 13.9. The Bertz CT molecular complexity index is 1630. The standard InChI is InChI=1S/C34H33F3N2O3/c1-4-5-6-7-17-41-28-9-8-10-29(19-28)42-27-15-13-25(14-16-27)32-20-31(34(35,36)37)30(21-38)33(40)39(32)22-26-12-11-23(2)18-24(26)3/h8-16,18-20H,4-7,17,22H2,1-3H3. The fourth-order valence-electron chi connectivity index (χ4n) is 4.74. The molecule has 0 N–H and O–H groups in total. The molecule has 0 saturated heterocycles. The summed E-state index contributed by atoms with van der Waals surface area (Å²) in [5.41, 5.74) is -0.0678. The summed E-state index contributed by atoms with van der Waals surface area (Å²) in [4.78, 5) is 13.3. The molecule has 5 nitrogen and oxygen atoms in total. The number of hydrogen-bond acceptors (Lipinski definition) is 4. The van der Waals surface area contributed by atoms with Crippen molar-refractivity contribution in [3.8, 4) is 34.6 Å². The molecule has 0 unspecified atom stereocenters. The number of benzene rings is 3. The summed E-state index contributed by atoms with van der Waals surface area (Å²) in [5, 5.41) is 9.49. The number of rotatable bonds is 11. The van der Waals surface area contributed by atoms with Crippen LogP contribution in [0.15, 0.2) is 77.6 Å². The molecule has 8 heteroatoms. The number of halogens is 3. The second-order valence-electron chi connectivity index (χ2n) is 10.3. The van der Waals surface area contributed by atoms with Crippen molar-refractivity contribution in [2.45, 2.75) is 59.2 Å². The van der Waals surface area contributed by atoms with E-state index in [1.54, 1.807) is 36.4 Å². The molecular weight excluding hydrogens is 541 g/mol. The van der Waals surface area contributed by atoms with Gasteiger partial charge in [-0.15, -0.1) is 0 Å². The van der Waals surface area contributed by atoms with Crippen molar-refractivity contribution in [1.82, 2.24) is 4.57 Å². The van der Waals surface area contributed by atoms with Crippen molar-refractivity contribution in [1.29, 1.82) is 5.26 Å². The van der Waals surface area contributed by atoms with Gasteiger partial charge in [0.2, 0.25) is 0 Å². The van der Waals surface area contributed by atoms with Gasteiger partial charge in [-0.1, -0.05) is 56.0 Å². The van der Waals surface area contributed by atoms with Crippen LogP contribution in [0.25, 0.3) is 11.3 Å². The van der Waals surface area contributed by atoms with Gasteiger partial charge in [-0.25, -0.2) is 0 Å². The van der Waals surface area contributed by atoms with Crippen LogP contribution >= 0.6 is 0 Å². The normalized spacial score (nSPS) is 11.3. The Labute approximate surface area is 243 Å². The van der Waals surface area contributed by atoms with E-state index in [0.717, 1.165) is 42.0 Å². The second kappa shape index (κ2) is 13.4. The summed E-state index contributed by atoms with van der Waals surface area (Å²) in [5.74, 6) is 1.71. The monoisotopic (exact) mass is 574 g/mol. The van der Waals surface area contributed by atoms with E-state index in [9.17, 15) is 23.2 Å². The van der Waals surface area contributed by atoms with Gasteiger partial charge >= 0.3 is 6.18 Å². The Morgan fingerprint density at radius 3 is 2.29 bits per heavy atom. The summed E-state index contributed by atoms with van der Waals surface area (Å²) >= 11 is 0. The van der Waals surface area contributed by atoms with E-state index in [2.05, 4.69) is 6.92 Å². The van der Waals surface area contributed by atoms with Gasteiger partial charge < -0.3 is 14.0 Å². The smallest absolute Gasteiger partial charge is 0.417 e. The molecule has 0 aliphatic carbocycles. The predicted molar refractivity (Wildman–Crippen MR) is 157 cm³/mol. The molecule has 0 fully saturated rings. The minimum Gasteiger partial charge on any atom is -0.493 e. The van der Waals surface area contributed by atoms with E-state index in [-0.39, 0.29) is 12.2 Å². The zero-order valence-corrected chi connectivity index (χ0v) is 23.9. The Morgan fingerprint density at radius 1 is 0.881 bits per heavy atom. The Hall–Kier alpha value is -4.51. The molecule has 0 saturated carbocycles. The van der Waals surface area contributed by atoms with E-state index in [4.69, 9.17) is 9.47 Å². The first-order chi connectivity index (χ1) is 20.1. The number of alkyl halides is 3. The summed E-state index contributed by atoms with van der Waals surface area (Å²) in [6, 6.07) is 21.7. The lowest BCUT2D eigenvalue weighted by Crippen LogP contribution is -2.29. The summed E-state index contributed by atoms with van der Waals surface area (Å²) < 4.78 is 54.8. The molecule has 0 spiro atoms. The number of aryl methyl sites for hydroxylation is 2. The van der Waals surface area contributed by atoms with E-state index in [1.807, 2.05) is 44.2 Å². The van der Waals surface area contributed by atoms with Crippen molar-refractivity contribution in [3.63, 3.8) is 0 Å². The Balaban J connectivity index is 1.65. The van der Waals surface area contributed by atoms with Crippen LogP contribution in [0.1, 0.15) is 60.4 Å². The molecule has 4 aromatic rings. The first-order valence-corrected chi connectivity index (χ1v) is 13.9. The van der Waals surface area contributed by atoms with Crippen LogP contribution in [0.2, 0.25) is 0 Å². The topological polar surface area (TPSA) is 64.2 Å². The molecule has 0 amide bonds. The van der Waals surface area contributed by atoms with Gasteiger partial charge in [-0.05, 0) is 79.4 Å². The zero-order valence-electron chi connectivity index (χ0n) is 23.9. The third-order valence-electron chi connectivity index (χ3n) is 7.00. The Kier molecular flexibility index (Phi) is 9.74. The highest BCUT2D eigenvalue weighted by Gasteiger charge is 2.36. The van der Waals surface area contributed by atoms with Gasteiger partial charge in [0.15, 0.2) is 0 Å². The van der Waals surface area contributed by atoms with Crippen molar-refractivity contribution < 1.29 is 22.6 Å². The van der Waals surface area contributed by atoms with Crippen molar-refractivity contribution >= 4 is 0 Å². The number of aromatic nitrogens is 1. The van der Waals surface area contributed by atoms with Gasteiger partial charge in [0, 0.05) is 6.07 Å². The molecule has 0 bridgehead atoms. The highest BCUT2D eigenvalue weighted by Crippen LogP contribution is 2.35. The van der Waals surface area contributed by atoms with E-state index >= 15 is 0 Å². The van der Waals surface area contributed by atoms with Crippen molar-refractivity contribution in [2.75, 3.05) is 6.61 Å². The average Bonchev–Trinajstić information content (AvgIpc) is 2.95. The van der Waals surface area contributed by atoms with Crippen LogP contribution in [0.5, 0.6) is 17.2 Å². The molecular formula is C34H33F3N2O3. The molecule has 42 heavy (non-hydrogen) atoms. The summed E-state index contributed by atoms with van der Waals surface area (Å²) in [7, 11) is 0. The molecule has 1 heterocycles. The van der Waals surface area contributed by atoms with Gasteiger partial charge in [0.1, 0.15) is 28.9 Å². The first kappa shape index (κ1) is 30.4. The average molecular weight is 575 g/mol. The van der Waals surface area contributed by atoms with Crippen LogP contribution in [-0.2, 0) is 12.7 Å². The number of nitriles is 1. The van der Waals surface area contributed by atoms with E-state index in [0.29, 0.717) is 29.4 Å². The maximum Gasteiger partial charge on any atom is 0.417 e. The highest BCUT2D eigenvalue weighted by atomic mass is 19.4. The largest absolute Gasteiger partial charge is 0.493 e. The summed E-state index contributed by atoms with van der Waals surface area (Å²) in [6.07, 6.45) is -0.461. The molecule has 0 atom stereocenters. The quantitative estimate of drug-likeness (QED) is 0.168. The lowest BCUT2D eigenvalue weighted by molar-refractivity contribution is -0.137. The van der Waals surface area contributed by atoms with Gasteiger partial charge in [0.05, 0.1) is 24.4 Å². The number of hydrogen-bond donors (Lipinski definition) is 0. The third kappa shape index (κ3) is 7.41. The number of ether oxygens (including phenoxy) is 2. The lowest BCUT2D eigenvalue weighted by atomic mass is 10.0. The summed E-state index contributed by atoms with van der Waals surface area (Å²) in [6.45, 7) is 6.59. The number of nitrogens with zero attached hydrogens (tertiary/aromatic N) is 2. The Morgan fingerprint density at radius 2 is 1.62 bits per heavy atom. The van der Waals surface area contributed by atoms with Gasteiger partial charge in [-0.3, -0.25) is 4.79 Å². The molecule has 218 valence electrons. The highest BCUT2D eigenvalue weighted by molar-refractivity contribution is 5.64. The van der Waals surface area contributed by atoms with Crippen LogP contribution in [-0.4, -0.2) is 11.2 Å². The minimum absolute atomic E-state index is 0.0105. The molecule has 1 aromatic heterocycles. The minimum atomic E-state index is -4.87. The predicted octanol–water partition coefficient (Wildman–Crippen LogP) is 8.82. The van der Waals surface area contributed by atoms with Crippen molar-refractivity contribution in [3.05, 3.63) is 111 Å². The molecule has 0 aliphatic heterocycles. The maximum absolute atomic E-state index is 13.9. The van der Waals surface area contributed by atoms with Gasteiger partial charge in [0.25, 0.3) is 5.56 Å². The van der Waals surface area contributed by atoms with Crippen LogP contribution < -0.4 is 15.0 Å². The fraction of sp³-hybridized carbons (Fsp3) is 0.294. The number of unbranched alkanes of at least 4 members (excludes halogenated alkanes) is 3. The van der Waals surface area contributed by atoms with Crippen LogP contribution in [0.3, 0.4) is 0 Å². The molecule has 4 rings (SSSR count). The van der Waals surface area contributed by atoms with Crippen LogP contribution in [0.4, 0.5) is 13.2 Å². The van der Waals surface area contributed by atoms with Gasteiger partial charge in [-0.2, -0.15) is 18.4 Å². The molecule has 0 radical (unpaired) electrons. The zero-order chi connectivity index (χ0) is 30.3. The first-order valence-electron chi connectivity index (χ1n) is 13.9. The lowest BCUT2D eigenvalue weighted by Gasteiger charge is -2.19. The van der Waals surface area contributed by atoms with E-state index < -0.39 is 22.9 Å². The number of pyridine rings is 1. The molecule has 0 aliphatic rings. The fourth-order valence-corrected chi connectivity index (χ4v) is 4.74. The SMILES string of the molecule is CCCCCCOc1cccc(Oc2ccc(-c3cc(C(F)(F)F)c(C#N)c(=O)n3Cc3ccc(C)cc3C)cc2)c1. The molecule has 3 aromatic carbocycles. The third-order valence-corrected chi connectivity index (χ3v) is 7.00. The second-order valence-corrected chi connectivity index (χ2v) is 10.3. The van der Waals surface area contributed by atoms with Crippen molar-refractivity contribution in [2.24, 2.45) is 0 Å². The van der Waals surface area contributed by atoms with E-state index in [1.165, 1.54) is 17.1 Å².